The molecule has 1 heterocycles. The van der Waals surface area contributed by atoms with Gasteiger partial charge in [-0.05, 0) is 73.7 Å². The van der Waals surface area contributed by atoms with Gasteiger partial charge in [-0.25, -0.2) is 0 Å². The van der Waals surface area contributed by atoms with Crippen molar-refractivity contribution in [1.29, 1.82) is 0 Å². The fourth-order valence-corrected chi connectivity index (χ4v) is 3.70. The first-order valence-corrected chi connectivity index (χ1v) is 9.97. The van der Waals surface area contributed by atoms with Crippen LogP contribution in [-0.4, -0.2) is 32.6 Å². The molecule has 2 aromatic rings. The van der Waals surface area contributed by atoms with Crippen molar-refractivity contribution in [2.24, 2.45) is 11.8 Å². The van der Waals surface area contributed by atoms with Crippen molar-refractivity contribution in [1.82, 2.24) is 15.0 Å². The summed E-state index contributed by atoms with van der Waals surface area (Å²) in [4.78, 5) is 23.8. The van der Waals surface area contributed by atoms with Crippen LogP contribution in [0.1, 0.15) is 42.4 Å². The first kappa shape index (κ1) is 20.3. The summed E-state index contributed by atoms with van der Waals surface area (Å²) in [6.07, 6.45) is 3.23. The average Bonchev–Trinajstić information content (AvgIpc) is 2.67. The molecule has 150 valence electrons. The van der Waals surface area contributed by atoms with Gasteiger partial charge in [0.15, 0.2) is 0 Å². The van der Waals surface area contributed by atoms with Crippen molar-refractivity contribution < 1.29 is 9.90 Å². The molecule has 8 heteroatoms. The molecule has 0 aliphatic heterocycles. The number of anilines is 2. The summed E-state index contributed by atoms with van der Waals surface area (Å²) < 4.78 is 0. The number of hydrogen-bond acceptors (Lipinski definition) is 6. The summed E-state index contributed by atoms with van der Waals surface area (Å²) >= 11 is 6.06. The number of carboxylic acids is 1. The molecule has 0 bridgehead atoms. The van der Waals surface area contributed by atoms with E-state index in [1.807, 2.05) is 6.07 Å². The summed E-state index contributed by atoms with van der Waals surface area (Å²) in [6.45, 7) is 5.49. The number of benzene rings is 1. The van der Waals surface area contributed by atoms with E-state index in [0.29, 0.717) is 30.9 Å². The molecule has 1 aliphatic rings. The molecule has 1 aromatic heterocycles. The standard InChI is InChI=1S/C20H26ClN5O2/c1-12-4-3-5-16(13(12)2)11-23-20-25-18(21)24-19(26-20)22-10-14-6-8-15(9-7-14)17(27)28/h3-5,14-15H,6-11H2,1-2H3,(H,27,28)(H2,22,23,24,25,26)/t14-,15-. The van der Waals surface area contributed by atoms with Gasteiger partial charge in [-0.2, -0.15) is 15.0 Å². The van der Waals surface area contributed by atoms with Crippen LogP contribution in [0.25, 0.3) is 0 Å². The Kier molecular flexibility index (Phi) is 6.67. The Bertz CT molecular complexity index is 837. The predicted octanol–water partition coefficient (Wildman–Crippen LogP) is 4.06. The number of aliphatic carboxylic acids is 1. The average molecular weight is 404 g/mol. The van der Waals surface area contributed by atoms with Gasteiger partial charge in [0.1, 0.15) is 0 Å². The van der Waals surface area contributed by atoms with E-state index >= 15 is 0 Å². The SMILES string of the molecule is Cc1cccc(CNc2nc(Cl)nc(NC[C@H]3CC[C@H](C(=O)O)CC3)n2)c1C. The van der Waals surface area contributed by atoms with Crippen LogP contribution >= 0.6 is 11.6 Å². The van der Waals surface area contributed by atoms with E-state index in [9.17, 15) is 4.79 Å². The van der Waals surface area contributed by atoms with Crippen molar-refractivity contribution >= 4 is 29.5 Å². The zero-order valence-electron chi connectivity index (χ0n) is 16.2. The van der Waals surface area contributed by atoms with Gasteiger partial charge in [0.05, 0.1) is 5.92 Å². The minimum atomic E-state index is -0.685. The van der Waals surface area contributed by atoms with E-state index in [0.717, 1.165) is 25.7 Å². The lowest BCUT2D eigenvalue weighted by Gasteiger charge is -2.26. The van der Waals surface area contributed by atoms with Crippen LogP contribution in [0.5, 0.6) is 0 Å². The second-order valence-electron chi connectivity index (χ2n) is 7.40. The maximum Gasteiger partial charge on any atom is 0.306 e. The Labute approximate surface area is 170 Å². The van der Waals surface area contributed by atoms with Crippen molar-refractivity contribution in [2.45, 2.75) is 46.1 Å². The van der Waals surface area contributed by atoms with Crippen molar-refractivity contribution in [3.8, 4) is 0 Å². The first-order valence-electron chi connectivity index (χ1n) is 9.59. The van der Waals surface area contributed by atoms with E-state index < -0.39 is 5.97 Å². The molecule has 7 nitrogen and oxygen atoms in total. The van der Waals surface area contributed by atoms with Crippen LogP contribution in [0.15, 0.2) is 18.2 Å². The zero-order chi connectivity index (χ0) is 20.1. The van der Waals surface area contributed by atoms with Gasteiger partial charge in [-0.3, -0.25) is 4.79 Å². The second-order valence-corrected chi connectivity index (χ2v) is 7.74. The highest BCUT2D eigenvalue weighted by molar-refractivity contribution is 6.28. The number of aryl methyl sites for hydroxylation is 1. The van der Waals surface area contributed by atoms with Gasteiger partial charge < -0.3 is 15.7 Å². The smallest absolute Gasteiger partial charge is 0.306 e. The van der Waals surface area contributed by atoms with Crippen molar-refractivity contribution in [3.63, 3.8) is 0 Å². The molecule has 0 amide bonds. The fraction of sp³-hybridized carbons (Fsp3) is 0.500. The number of carboxylic acid groups (broad SMARTS) is 1. The number of halogens is 1. The van der Waals surface area contributed by atoms with E-state index in [1.54, 1.807) is 0 Å². The van der Waals surface area contributed by atoms with Gasteiger partial charge in [0, 0.05) is 13.1 Å². The molecule has 3 rings (SSSR count). The molecule has 1 aromatic carbocycles. The van der Waals surface area contributed by atoms with Gasteiger partial charge in [0.25, 0.3) is 0 Å². The topological polar surface area (TPSA) is 100 Å². The Morgan fingerprint density at radius 2 is 1.79 bits per heavy atom. The number of carbonyl (C=O) groups is 1. The van der Waals surface area contributed by atoms with Crippen molar-refractivity contribution in [3.05, 3.63) is 40.2 Å². The molecular weight excluding hydrogens is 378 g/mol. The lowest BCUT2D eigenvalue weighted by Crippen LogP contribution is -2.25. The minimum absolute atomic E-state index is 0.135. The third-order valence-electron chi connectivity index (χ3n) is 5.51. The Morgan fingerprint density at radius 1 is 1.11 bits per heavy atom. The Balaban J connectivity index is 1.56. The fourth-order valence-electron chi connectivity index (χ4n) is 3.53. The highest BCUT2D eigenvalue weighted by atomic mass is 35.5. The zero-order valence-corrected chi connectivity index (χ0v) is 17.0. The molecule has 1 fully saturated rings. The summed E-state index contributed by atoms with van der Waals surface area (Å²) in [7, 11) is 0. The summed E-state index contributed by atoms with van der Waals surface area (Å²) in [5.74, 6) is 0.387. The minimum Gasteiger partial charge on any atom is -0.481 e. The molecule has 0 radical (unpaired) electrons. The number of nitrogens with one attached hydrogen (secondary N) is 2. The monoisotopic (exact) mass is 403 g/mol. The number of hydrogen-bond donors (Lipinski definition) is 3. The van der Waals surface area contributed by atoms with Crippen LogP contribution in [0, 0.1) is 25.7 Å². The van der Waals surface area contributed by atoms with Crippen LogP contribution < -0.4 is 10.6 Å². The maximum atomic E-state index is 11.1. The van der Waals surface area contributed by atoms with Crippen LogP contribution in [0.2, 0.25) is 5.28 Å². The molecule has 3 N–H and O–H groups in total. The molecule has 28 heavy (non-hydrogen) atoms. The van der Waals surface area contributed by atoms with E-state index in [1.165, 1.54) is 16.7 Å². The number of aromatic nitrogens is 3. The molecule has 1 saturated carbocycles. The van der Waals surface area contributed by atoms with Crippen LogP contribution in [0.4, 0.5) is 11.9 Å². The lowest BCUT2D eigenvalue weighted by atomic mass is 9.82. The number of rotatable bonds is 7. The molecule has 0 spiro atoms. The van der Waals surface area contributed by atoms with Gasteiger partial charge >= 0.3 is 5.97 Å². The summed E-state index contributed by atoms with van der Waals surface area (Å²) in [5.41, 5.74) is 3.67. The molecule has 0 saturated heterocycles. The third kappa shape index (κ3) is 5.32. The summed E-state index contributed by atoms with van der Waals surface area (Å²) in [6, 6.07) is 6.20. The predicted molar refractivity (Wildman–Crippen MR) is 110 cm³/mol. The highest BCUT2D eigenvalue weighted by Gasteiger charge is 2.25. The molecule has 1 aliphatic carbocycles. The molecule has 0 atom stereocenters. The number of nitrogens with zero attached hydrogens (tertiary/aromatic N) is 3. The summed E-state index contributed by atoms with van der Waals surface area (Å²) in [5, 5.41) is 15.7. The molecular formula is C20H26ClN5O2. The lowest BCUT2D eigenvalue weighted by molar-refractivity contribution is -0.143. The Morgan fingerprint density at radius 3 is 2.46 bits per heavy atom. The van der Waals surface area contributed by atoms with Gasteiger partial charge in [0.2, 0.25) is 17.2 Å². The van der Waals surface area contributed by atoms with E-state index in [2.05, 4.69) is 51.6 Å². The van der Waals surface area contributed by atoms with E-state index in [-0.39, 0.29) is 11.2 Å². The third-order valence-corrected chi connectivity index (χ3v) is 5.68. The molecule has 0 unspecified atom stereocenters. The van der Waals surface area contributed by atoms with Gasteiger partial charge in [-0.15, -0.1) is 0 Å². The van der Waals surface area contributed by atoms with Crippen LogP contribution in [-0.2, 0) is 11.3 Å². The largest absolute Gasteiger partial charge is 0.481 e. The first-order chi connectivity index (χ1) is 13.4. The quantitative estimate of drug-likeness (QED) is 0.640. The maximum absolute atomic E-state index is 11.1. The van der Waals surface area contributed by atoms with Gasteiger partial charge in [-0.1, -0.05) is 18.2 Å². The van der Waals surface area contributed by atoms with Crippen LogP contribution in [0.3, 0.4) is 0 Å². The highest BCUT2D eigenvalue weighted by Crippen LogP contribution is 2.29. The normalized spacial score (nSPS) is 19.2. The second kappa shape index (κ2) is 9.19. The van der Waals surface area contributed by atoms with E-state index in [4.69, 9.17) is 16.7 Å². The Hall–Kier alpha value is -2.41. The van der Waals surface area contributed by atoms with Crippen molar-refractivity contribution in [2.75, 3.05) is 17.2 Å².